The first-order valence-corrected chi connectivity index (χ1v) is 9.87. The van der Waals surface area contributed by atoms with Gasteiger partial charge in [-0.3, -0.25) is 24.3 Å². The summed E-state index contributed by atoms with van der Waals surface area (Å²) in [6, 6.07) is 18.0. The van der Waals surface area contributed by atoms with Crippen LogP contribution in [0.1, 0.15) is 44.2 Å². The first-order valence-electron chi connectivity index (χ1n) is 9.87. The van der Waals surface area contributed by atoms with Crippen LogP contribution < -0.4 is 5.32 Å². The summed E-state index contributed by atoms with van der Waals surface area (Å²) in [4.78, 5) is 42.9. The first kappa shape index (κ1) is 18.2. The molecule has 2 aromatic carbocycles. The van der Waals surface area contributed by atoms with Crippen LogP contribution in [0.15, 0.2) is 73.1 Å². The van der Waals surface area contributed by atoms with Gasteiger partial charge in [-0.25, -0.2) is 0 Å². The predicted octanol–water partition coefficient (Wildman–Crippen LogP) is 3.62. The maximum Gasteiger partial charge on any atom is 0.261 e. The second-order valence-corrected chi connectivity index (χ2v) is 7.66. The summed E-state index contributed by atoms with van der Waals surface area (Å²) in [7, 11) is 0. The molecule has 0 bridgehead atoms. The van der Waals surface area contributed by atoms with Gasteiger partial charge in [-0.1, -0.05) is 30.3 Å². The van der Waals surface area contributed by atoms with E-state index in [2.05, 4.69) is 10.3 Å². The van der Waals surface area contributed by atoms with Crippen LogP contribution in [-0.2, 0) is 11.3 Å². The Morgan fingerprint density at radius 2 is 1.67 bits per heavy atom. The van der Waals surface area contributed by atoms with Gasteiger partial charge < -0.3 is 5.32 Å². The fraction of sp³-hybridized carbons (Fsp3) is 0.167. The van der Waals surface area contributed by atoms with Gasteiger partial charge in [0.1, 0.15) is 0 Å². The van der Waals surface area contributed by atoms with Crippen molar-refractivity contribution in [3.63, 3.8) is 0 Å². The molecular weight excluding hydrogens is 378 g/mol. The van der Waals surface area contributed by atoms with Crippen molar-refractivity contribution in [1.82, 2.24) is 9.88 Å². The molecule has 1 saturated carbocycles. The van der Waals surface area contributed by atoms with Gasteiger partial charge in [0.15, 0.2) is 0 Å². The minimum Gasteiger partial charge on any atom is -0.326 e. The number of amides is 3. The lowest BCUT2D eigenvalue weighted by Crippen LogP contribution is -2.29. The lowest BCUT2D eigenvalue weighted by Gasteiger charge is -2.14. The van der Waals surface area contributed by atoms with Gasteiger partial charge in [0.25, 0.3) is 11.8 Å². The number of carbonyl (C=O) groups excluding carboxylic acids is 3. The first-order chi connectivity index (χ1) is 14.6. The maximum absolute atomic E-state index is 12.5. The number of anilines is 1. The molecule has 6 heteroatoms. The molecule has 1 aromatic heterocycles. The fourth-order valence-electron chi connectivity index (χ4n) is 3.94. The summed E-state index contributed by atoms with van der Waals surface area (Å²) >= 11 is 0. The van der Waals surface area contributed by atoms with Crippen LogP contribution >= 0.6 is 0 Å². The van der Waals surface area contributed by atoms with Crippen LogP contribution in [-0.4, -0.2) is 27.6 Å². The fourth-order valence-corrected chi connectivity index (χ4v) is 3.94. The molecule has 2 aliphatic rings. The molecule has 6 nitrogen and oxygen atoms in total. The highest BCUT2D eigenvalue weighted by Gasteiger charge is 2.44. The Kier molecular flexibility index (Phi) is 4.39. The van der Waals surface area contributed by atoms with E-state index in [9.17, 15) is 14.4 Å². The molecule has 1 aliphatic carbocycles. The number of rotatable bonds is 5. The van der Waals surface area contributed by atoms with E-state index in [-0.39, 0.29) is 36.1 Å². The van der Waals surface area contributed by atoms with Crippen molar-refractivity contribution < 1.29 is 14.4 Å². The van der Waals surface area contributed by atoms with E-state index in [1.54, 1.807) is 42.6 Å². The number of fused-ring (bicyclic) bond motifs is 1. The number of carbonyl (C=O) groups is 3. The molecule has 1 N–H and O–H groups in total. The molecule has 0 unspecified atom stereocenters. The summed E-state index contributed by atoms with van der Waals surface area (Å²) in [5, 5.41) is 2.95. The van der Waals surface area contributed by atoms with Crippen LogP contribution in [0.25, 0.3) is 0 Å². The third-order valence-corrected chi connectivity index (χ3v) is 5.68. The normalized spacial score (nSPS) is 19.5. The van der Waals surface area contributed by atoms with Gasteiger partial charge in [0, 0.05) is 24.0 Å². The van der Waals surface area contributed by atoms with Crippen molar-refractivity contribution in [2.45, 2.75) is 18.9 Å². The number of benzene rings is 2. The van der Waals surface area contributed by atoms with Gasteiger partial charge in [0.05, 0.1) is 17.7 Å². The summed E-state index contributed by atoms with van der Waals surface area (Å²) < 4.78 is 0. The standard InChI is InChI=1S/C24H19N3O3/c28-22(21-12-20(21)16-4-3-11-25-13-16)26-17-9-7-15(8-10-17)14-27-23(29)18-5-1-2-6-19(18)24(27)30/h1-11,13,20-21H,12,14H2,(H,26,28)/t20-,21+/m0/s1. The van der Waals surface area contributed by atoms with Gasteiger partial charge in [-0.15, -0.1) is 0 Å². The van der Waals surface area contributed by atoms with E-state index in [4.69, 9.17) is 0 Å². The molecule has 0 saturated heterocycles. The molecule has 30 heavy (non-hydrogen) atoms. The molecule has 2 heterocycles. The predicted molar refractivity (Wildman–Crippen MR) is 111 cm³/mol. The van der Waals surface area contributed by atoms with Crippen molar-refractivity contribution in [3.8, 4) is 0 Å². The van der Waals surface area contributed by atoms with E-state index in [0.29, 0.717) is 16.8 Å². The Labute approximate surface area is 173 Å². The summed E-state index contributed by atoms with van der Waals surface area (Å²) in [5.74, 6) is -0.359. The van der Waals surface area contributed by atoms with E-state index in [1.807, 2.05) is 30.5 Å². The lowest BCUT2D eigenvalue weighted by atomic mass is 10.1. The zero-order valence-electron chi connectivity index (χ0n) is 16.1. The van der Waals surface area contributed by atoms with Crippen LogP contribution in [0.3, 0.4) is 0 Å². The number of hydrogen-bond donors (Lipinski definition) is 1. The number of pyridine rings is 1. The van der Waals surface area contributed by atoms with E-state index in [1.165, 1.54) is 4.90 Å². The van der Waals surface area contributed by atoms with Gasteiger partial charge in [-0.2, -0.15) is 0 Å². The topological polar surface area (TPSA) is 79.4 Å². The number of nitrogens with one attached hydrogen (secondary N) is 1. The zero-order valence-corrected chi connectivity index (χ0v) is 16.1. The quantitative estimate of drug-likeness (QED) is 0.667. The maximum atomic E-state index is 12.5. The van der Waals surface area contributed by atoms with Crippen molar-refractivity contribution in [2.24, 2.45) is 5.92 Å². The molecule has 5 rings (SSSR count). The highest BCUT2D eigenvalue weighted by molar-refractivity contribution is 6.21. The molecule has 3 amide bonds. The smallest absolute Gasteiger partial charge is 0.261 e. The van der Waals surface area contributed by atoms with Crippen molar-refractivity contribution in [1.29, 1.82) is 0 Å². The second kappa shape index (κ2) is 7.22. The minimum atomic E-state index is -0.275. The van der Waals surface area contributed by atoms with Gasteiger partial charge in [-0.05, 0) is 53.8 Å². The number of nitrogens with zero attached hydrogens (tertiary/aromatic N) is 2. The Hall–Kier alpha value is -3.80. The Balaban J connectivity index is 1.21. The van der Waals surface area contributed by atoms with E-state index < -0.39 is 0 Å². The summed E-state index contributed by atoms with van der Waals surface area (Å²) in [6.45, 7) is 0.201. The van der Waals surface area contributed by atoms with Gasteiger partial charge >= 0.3 is 0 Å². The van der Waals surface area contributed by atoms with Crippen LogP contribution in [0, 0.1) is 5.92 Å². The minimum absolute atomic E-state index is 0.00282. The highest BCUT2D eigenvalue weighted by Crippen LogP contribution is 2.47. The summed E-state index contributed by atoms with van der Waals surface area (Å²) in [5.41, 5.74) is 3.50. The van der Waals surface area contributed by atoms with Crippen molar-refractivity contribution >= 4 is 23.4 Å². The zero-order chi connectivity index (χ0) is 20.7. The van der Waals surface area contributed by atoms with E-state index in [0.717, 1.165) is 17.5 Å². The average Bonchev–Trinajstić information content (AvgIpc) is 3.55. The average molecular weight is 397 g/mol. The van der Waals surface area contributed by atoms with Crippen molar-refractivity contribution in [3.05, 3.63) is 95.3 Å². The molecule has 3 aromatic rings. The van der Waals surface area contributed by atoms with E-state index >= 15 is 0 Å². The molecule has 0 radical (unpaired) electrons. The highest BCUT2D eigenvalue weighted by atomic mass is 16.2. The molecule has 148 valence electrons. The Morgan fingerprint density at radius 1 is 0.967 bits per heavy atom. The third kappa shape index (κ3) is 3.26. The second-order valence-electron chi connectivity index (χ2n) is 7.66. The molecule has 1 aliphatic heterocycles. The van der Waals surface area contributed by atoms with Crippen LogP contribution in [0.5, 0.6) is 0 Å². The molecule has 1 fully saturated rings. The largest absolute Gasteiger partial charge is 0.326 e. The molecular formula is C24H19N3O3. The Bertz CT molecular complexity index is 1110. The monoisotopic (exact) mass is 397 g/mol. The van der Waals surface area contributed by atoms with Crippen molar-refractivity contribution in [2.75, 3.05) is 5.32 Å². The Morgan fingerprint density at radius 3 is 2.30 bits per heavy atom. The molecule has 2 atom stereocenters. The number of hydrogen-bond acceptors (Lipinski definition) is 4. The van der Waals surface area contributed by atoms with Crippen LogP contribution in [0.2, 0.25) is 0 Å². The number of imide groups is 1. The number of aromatic nitrogens is 1. The molecule has 0 spiro atoms. The summed E-state index contributed by atoms with van der Waals surface area (Å²) in [6.07, 6.45) is 4.37. The SMILES string of the molecule is O=C(Nc1ccc(CN2C(=O)c3ccccc3C2=O)cc1)[C@@H]1C[C@H]1c1cccnc1. The van der Waals surface area contributed by atoms with Crippen LogP contribution in [0.4, 0.5) is 5.69 Å². The van der Waals surface area contributed by atoms with Gasteiger partial charge in [0.2, 0.25) is 5.91 Å². The lowest BCUT2D eigenvalue weighted by molar-refractivity contribution is -0.117. The third-order valence-electron chi connectivity index (χ3n) is 5.68.